The van der Waals surface area contributed by atoms with Crippen molar-refractivity contribution in [3.63, 3.8) is 0 Å². The van der Waals surface area contributed by atoms with Crippen LogP contribution >= 0.6 is 11.3 Å². The minimum absolute atomic E-state index is 0.0368. The molecule has 0 bridgehead atoms. The lowest BCUT2D eigenvalue weighted by molar-refractivity contribution is -0.134. The second-order valence-electron chi connectivity index (χ2n) is 10.9. The van der Waals surface area contributed by atoms with Crippen molar-refractivity contribution in [3.05, 3.63) is 80.8 Å². The maximum Gasteiger partial charge on any atom is 0.273 e. The molecule has 1 aliphatic carbocycles. The molecule has 208 valence electrons. The van der Waals surface area contributed by atoms with E-state index in [-0.39, 0.29) is 36.3 Å². The van der Waals surface area contributed by atoms with Crippen molar-refractivity contribution in [1.82, 2.24) is 19.7 Å². The maximum atomic E-state index is 13.3. The van der Waals surface area contributed by atoms with Crippen LogP contribution < -0.4 is 4.74 Å². The van der Waals surface area contributed by atoms with Crippen molar-refractivity contribution >= 4 is 29.1 Å². The van der Waals surface area contributed by atoms with E-state index in [1.54, 1.807) is 22.1 Å². The number of thiazole rings is 1. The van der Waals surface area contributed by atoms with Gasteiger partial charge in [-0.1, -0.05) is 35.9 Å². The summed E-state index contributed by atoms with van der Waals surface area (Å²) in [6.07, 6.45) is 2.80. The van der Waals surface area contributed by atoms with Gasteiger partial charge in [0.2, 0.25) is 11.8 Å². The van der Waals surface area contributed by atoms with E-state index in [2.05, 4.69) is 53.2 Å². The van der Waals surface area contributed by atoms with Gasteiger partial charge in [0.05, 0.1) is 6.04 Å². The molecular weight excluding hydrogens is 524 g/mol. The summed E-state index contributed by atoms with van der Waals surface area (Å²) < 4.78 is 6.18. The molecule has 9 heteroatoms. The summed E-state index contributed by atoms with van der Waals surface area (Å²) in [6, 6.07) is 14.5. The summed E-state index contributed by atoms with van der Waals surface area (Å²) in [5, 5.41) is 2.50. The number of ether oxygens (including phenoxy) is 1. The van der Waals surface area contributed by atoms with E-state index in [0.29, 0.717) is 31.9 Å². The first-order chi connectivity index (χ1) is 19.4. The van der Waals surface area contributed by atoms with E-state index in [4.69, 9.17) is 4.74 Å². The van der Waals surface area contributed by atoms with Gasteiger partial charge in [0.25, 0.3) is 5.91 Å². The largest absolute Gasteiger partial charge is 0.486 e. The van der Waals surface area contributed by atoms with Gasteiger partial charge in [-0.3, -0.25) is 14.4 Å². The van der Waals surface area contributed by atoms with Crippen LogP contribution in [0.1, 0.15) is 63.6 Å². The highest BCUT2D eigenvalue weighted by Gasteiger charge is 2.39. The molecule has 0 N–H and O–H groups in total. The molecule has 0 radical (unpaired) electrons. The fraction of sp³-hybridized carbons (Fsp3) is 0.419. The summed E-state index contributed by atoms with van der Waals surface area (Å²) in [5.41, 5.74) is 5.07. The minimum atomic E-state index is -0.132. The molecular formula is C31H34N4O4S. The number of rotatable bonds is 6. The van der Waals surface area contributed by atoms with Gasteiger partial charge in [-0.2, -0.15) is 0 Å². The van der Waals surface area contributed by atoms with Crippen LogP contribution in [0.25, 0.3) is 0 Å². The molecule has 0 spiro atoms. The number of piperazine rings is 1. The Hall–Kier alpha value is -3.72. The predicted octanol–water partition coefficient (Wildman–Crippen LogP) is 4.22. The molecule has 1 saturated heterocycles. The Balaban J connectivity index is 1.17. The van der Waals surface area contributed by atoms with Crippen LogP contribution in [0.3, 0.4) is 0 Å². The fourth-order valence-electron chi connectivity index (χ4n) is 5.69. The van der Waals surface area contributed by atoms with E-state index in [1.165, 1.54) is 22.5 Å². The highest BCUT2D eigenvalue weighted by atomic mass is 32.1. The number of carbonyl (C=O) groups is 3. The predicted molar refractivity (Wildman–Crippen MR) is 152 cm³/mol. The molecule has 40 heavy (non-hydrogen) atoms. The molecule has 3 aliphatic rings. The second kappa shape index (κ2) is 11.0. The third kappa shape index (κ3) is 5.47. The number of aryl methyl sites for hydroxylation is 1. The van der Waals surface area contributed by atoms with Gasteiger partial charge in [-0.25, -0.2) is 4.98 Å². The van der Waals surface area contributed by atoms with Crippen LogP contribution in [0.2, 0.25) is 0 Å². The number of hydrogen-bond acceptors (Lipinski definition) is 6. The summed E-state index contributed by atoms with van der Waals surface area (Å²) in [5.74, 6) is 1.07. The van der Waals surface area contributed by atoms with Crippen molar-refractivity contribution in [1.29, 1.82) is 0 Å². The Kier molecular flexibility index (Phi) is 7.31. The second-order valence-corrected chi connectivity index (χ2v) is 11.9. The lowest BCUT2D eigenvalue weighted by Gasteiger charge is -2.38. The Morgan fingerprint density at radius 3 is 2.50 bits per heavy atom. The van der Waals surface area contributed by atoms with Crippen LogP contribution in [0.4, 0.5) is 0 Å². The van der Waals surface area contributed by atoms with Crippen molar-refractivity contribution < 1.29 is 19.1 Å². The van der Waals surface area contributed by atoms with Gasteiger partial charge in [-0.05, 0) is 55.0 Å². The molecule has 3 amide bonds. The lowest BCUT2D eigenvalue weighted by Crippen LogP contribution is -2.50. The molecule has 6 rings (SSSR count). The molecule has 2 aliphatic heterocycles. The highest BCUT2D eigenvalue weighted by Crippen LogP contribution is 2.41. The standard InChI is InChI=1S/C31H34N4O4S/c1-20-4-3-5-24(16-20)29-26-17-25(9-8-22(26)10-11-35(29)30(37)23-6-7-23)39-18-28-32-27(19-40-28)31(38)34-14-12-33(13-15-34)21(2)36/h3-5,8-9,16-17,19,23,29H,6-7,10-15,18H2,1-2H3/t29-/m0/s1. The summed E-state index contributed by atoms with van der Waals surface area (Å²) in [6.45, 7) is 6.74. The number of carbonyl (C=O) groups excluding carboxylic acids is 3. The number of aromatic nitrogens is 1. The summed E-state index contributed by atoms with van der Waals surface area (Å²) in [4.78, 5) is 47.9. The van der Waals surface area contributed by atoms with E-state index in [1.807, 2.05) is 6.07 Å². The number of benzene rings is 2. The van der Waals surface area contributed by atoms with Crippen molar-refractivity contribution in [2.24, 2.45) is 5.92 Å². The normalized spacial score (nSPS) is 18.9. The lowest BCUT2D eigenvalue weighted by atomic mass is 9.87. The monoisotopic (exact) mass is 558 g/mol. The molecule has 8 nitrogen and oxygen atoms in total. The summed E-state index contributed by atoms with van der Waals surface area (Å²) in [7, 11) is 0. The molecule has 3 heterocycles. The Morgan fingerprint density at radius 1 is 1.00 bits per heavy atom. The molecule has 0 unspecified atom stereocenters. The molecule has 2 fully saturated rings. The first kappa shape index (κ1) is 26.5. The molecule has 1 saturated carbocycles. The van der Waals surface area contributed by atoms with E-state index >= 15 is 0 Å². The van der Waals surface area contributed by atoms with Gasteiger partial charge < -0.3 is 19.4 Å². The van der Waals surface area contributed by atoms with Gasteiger partial charge in [-0.15, -0.1) is 11.3 Å². The van der Waals surface area contributed by atoms with Crippen LogP contribution in [-0.4, -0.2) is 70.1 Å². The van der Waals surface area contributed by atoms with Gasteiger partial charge in [0, 0.05) is 50.9 Å². The van der Waals surface area contributed by atoms with Crippen LogP contribution in [0, 0.1) is 12.8 Å². The first-order valence-corrected chi connectivity index (χ1v) is 14.9. The van der Waals surface area contributed by atoms with Crippen LogP contribution in [0.5, 0.6) is 5.75 Å². The third-order valence-corrected chi connectivity index (χ3v) is 8.88. The molecule has 2 aromatic carbocycles. The van der Waals surface area contributed by atoms with Crippen LogP contribution in [0.15, 0.2) is 47.8 Å². The van der Waals surface area contributed by atoms with E-state index in [0.717, 1.165) is 47.7 Å². The number of nitrogens with zero attached hydrogens (tertiary/aromatic N) is 4. The van der Waals surface area contributed by atoms with E-state index < -0.39 is 0 Å². The number of hydrogen-bond donors (Lipinski definition) is 0. The highest BCUT2D eigenvalue weighted by molar-refractivity contribution is 7.09. The molecule has 3 aromatic rings. The smallest absolute Gasteiger partial charge is 0.273 e. The van der Waals surface area contributed by atoms with Crippen molar-refractivity contribution in [3.8, 4) is 5.75 Å². The third-order valence-electron chi connectivity index (χ3n) is 8.06. The van der Waals surface area contributed by atoms with Gasteiger partial charge >= 0.3 is 0 Å². The molecule has 1 aromatic heterocycles. The average Bonchev–Trinajstić information content (AvgIpc) is 3.72. The molecule has 1 atom stereocenters. The topological polar surface area (TPSA) is 83.1 Å². The number of fused-ring (bicyclic) bond motifs is 1. The van der Waals surface area contributed by atoms with Crippen LogP contribution in [-0.2, 0) is 22.6 Å². The Morgan fingerprint density at radius 2 is 1.77 bits per heavy atom. The van der Waals surface area contributed by atoms with Gasteiger partial charge in [0.15, 0.2) is 0 Å². The average molecular weight is 559 g/mol. The quantitative estimate of drug-likeness (QED) is 0.453. The zero-order valence-electron chi connectivity index (χ0n) is 23.0. The Bertz CT molecular complexity index is 1440. The number of amides is 3. The minimum Gasteiger partial charge on any atom is -0.486 e. The Labute approximate surface area is 238 Å². The SMILES string of the molecule is CC(=O)N1CCN(C(=O)c2csc(COc3ccc4c(c3)[C@H](c3cccc(C)c3)N(C(=O)C3CC3)CC4)n2)CC1. The van der Waals surface area contributed by atoms with Gasteiger partial charge in [0.1, 0.15) is 23.1 Å². The zero-order valence-corrected chi connectivity index (χ0v) is 23.8. The van der Waals surface area contributed by atoms with Crippen molar-refractivity contribution in [2.75, 3.05) is 32.7 Å². The fourth-order valence-corrected chi connectivity index (χ4v) is 6.37. The maximum absolute atomic E-state index is 13.3. The zero-order chi connectivity index (χ0) is 27.8. The van der Waals surface area contributed by atoms with E-state index in [9.17, 15) is 14.4 Å². The van der Waals surface area contributed by atoms with Crippen molar-refractivity contribution in [2.45, 2.75) is 45.8 Å². The first-order valence-electron chi connectivity index (χ1n) is 14.0. The summed E-state index contributed by atoms with van der Waals surface area (Å²) >= 11 is 1.41.